The molecule has 0 bridgehead atoms. The second kappa shape index (κ2) is 9.71. The van der Waals surface area contributed by atoms with Gasteiger partial charge >= 0.3 is 0 Å². The highest BCUT2D eigenvalue weighted by Gasteiger charge is 2.17. The van der Waals surface area contributed by atoms with Crippen molar-refractivity contribution in [3.8, 4) is 11.3 Å². The summed E-state index contributed by atoms with van der Waals surface area (Å²) in [7, 11) is 1.94. The van der Waals surface area contributed by atoms with Crippen LogP contribution in [0.3, 0.4) is 0 Å². The van der Waals surface area contributed by atoms with Crippen molar-refractivity contribution in [3.63, 3.8) is 0 Å². The lowest BCUT2D eigenvalue weighted by Gasteiger charge is -2.21. The first-order valence-corrected chi connectivity index (χ1v) is 11.0. The first kappa shape index (κ1) is 22.3. The Morgan fingerprint density at radius 2 is 1.94 bits per heavy atom. The van der Waals surface area contributed by atoms with Crippen molar-refractivity contribution < 1.29 is 9.13 Å². The maximum atomic E-state index is 14.1. The van der Waals surface area contributed by atoms with E-state index in [1.165, 1.54) is 24.5 Å². The number of aromatic nitrogens is 5. The molecule has 32 heavy (non-hydrogen) atoms. The number of benzene rings is 1. The highest BCUT2D eigenvalue weighted by Crippen LogP contribution is 2.29. The quantitative estimate of drug-likeness (QED) is 0.386. The molecule has 4 aromatic rings. The van der Waals surface area contributed by atoms with E-state index in [1.807, 2.05) is 38.0 Å². The Morgan fingerprint density at radius 1 is 1.12 bits per heavy atom. The van der Waals surface area contributed by atoms with Crippen molar-refractivity contribution >= 4 is 22.6 Å². The zero-order chi connectivity index (χ0) is 22.7. The maximum Gasteiger partial charge on any atom is 0.134 e. The van der Waals surface area contributed by atoms with Crippen LogP contribution < -0.4 is 0 Å². The van der Waals surface area contributed by atoms with Gasteiger partial charge in [0.1, 0.15) is 17.0 Å². The van der Waals surface area contributed by atoms with Gasteiger partial charge in [0, 0.05) is 42.2 Å². The Labute approximate surface area is 191 Å². The summed E-state index contributed by atoms with van der Waals surface area (Å²) in [6, 6.07) is 6.28. The molecule has 0 saturated carbocycles. The standard InChI is InChI=1S/C15H11ClFN3.C9H14N2O/c1-8-9(2)20-15-13(19-8)5-6-18-14(15)11-4-3-10(16)7-12(11)17;1-11-7-8(6-10-11)9-4-2-3-5-12-9/h3-7H,1-2H3;6-7,9H,2-5H2,1H3. The molecule has 0 N–H and O–H groups in total. The minimum absolute atomic E-state index is 0.299. The van der Waals surface area contributed by atoms with Gasteiger partial charge in [0.15, 0.2) is 0 Å². The van der Waals surface area contributed by atoms with E-state index in [0.29, 0.717) is 33.4 Å². The number of rotatable bonds is 2. The minimum atomic E-state index is -0.419. The number of halogens is 2. The molecule has 1 saturated heterocycles. The molecule has 4 heterocycles. The average Bonchev–Trinajstić information content (AvgIpc) is 3.22. The van der Waals surface area contributed by atoms with Crippen LogP contribution in [0.4, 0.5) is 4.39 Å². The van der Waals surface area contributed by atoms with E-state index in [4.69, 9.17) is 16.3 Å². The van der Waals surface area contributed by atoms with Crippen LogP contribution in [0.1, 0.15) is 42.3 Å². The van der Waals surface area contributed by atoms with Crippen LogP contribution in [0, 0.1) is 19.7 Å². The summed E-state index contributed by atoms with van der Waals surface area (Å²) in [4.78, 5) is 13.2. The van der Waals surface area contributed by atoms with Crippen molar-refractivity contribution in [2.24, 2.45) is 7.05 Å². The molecule has 8 heteroatoms. The van der Waals surface area contributed by atoms with Crippen LogP contribution >= 0.6 is 11.6 Å². The number of pyridine rings is 1. The number of aryl methyl sites for hydroxylation is 3. The smallest absolute Gasteiger partial charge is 0.134 e. The van der Waals surface area contributed by atoms with Gasteiger partial charge in [-0.15, -0.1) is 0 Å². The second-order valence-corrected chi connectivity index (χ2v) is 8.28. The summed E-state index contributed by atoms with van der Waals surface area (Å²) >= 11 is 5.78. The van der Waals surface area contributed by atoms with Gasteiger partial charge in [0.05, 0.1) is 29.2 Å². The molecule has 1 fully saturated rings. The van der Waals surface area contributed by atoms with Crippen molar-refractivity contribution in [2.75, 3.05) is 6.61 Å². The molecule has 6 nitrogen and oxygen atoms in total. The predicted molar refractivity (Wildman–Crippen MR) is 123 cm³/mol. The Hall–Kier alpha value is -2.90. The lowest BCUT2D eigenvalue weighted by atomic mass is 10.0. The van der Waals surface area contributed by atoms with Gasteiger partial charge < -0.3 is 4.74 Å². The van der Waals surface area contributed by atoms with Crippen LogP contribution in [0.15, 0.2) is 42.9 Å². The van der Waals surface area contributed by atoms with E-state index in [1.54, 1.807) is 24.4 Å². The zero-order valence-corrected chi connectivity index (χ0v) is 19.1. The van der Waals surface area contributed by atoms with Gasteiger partial charge in [-0.05, 0) is 57.4 Å². The van der Waals surface area contributed by atoms with Crippen LogP contribution in [0.2, 0.25) is 5.02 Å². The normalized spacial score (nSPS) is 16.0. The summed E-state index contributed by atoms with van der Waals surface area (Å²) in [6.45, 7) is 4.67. The van der Waals surface area contributed by atoms with E-state index in [0.717, 1.165) is 24.4 Å². The topological polar surface area (TPSA) is 65.7 Å². The fourth-order valence-corrected chi connectivity index (χ4v) is 3.80. The molecule has 1 unspecified atom stereocenters. The van der Waals surface area contributed by atoms with Crippen molar-refractivity contribution in [1.29, 1.82) is 0 Å². The lowest BCUT2D eigenvalue weighted by Crippen LogP contribution is -2.10. The number of ether oxygens (including phenoxy) is 1. The Balaban J connectivity index is 0.000000174. The van der Waals surface area contributed by atoms with Gasteiger partial charge in [-0.2, -0.15) is 5.10 Å². The molecule has 1 aromatic carbocycles. The van der Waals surface area contributed by atoms with Crippen LogP contribution in [0.25, 0.3) is 22.3 Å². The van der Waals surface area contributed by atoms with E-state index in [-0.39, 0.29) is 0 Å². The van der Waals surface area contributed by atoms with Crippen molar-refractivity contribution in [1.82, 2.24) is 24.7 Å². The van der Waals surface area contributed by atoms with E-state index < -0.39 is 5.82 Å². The van der Waals surface area contributed by atoms with E-state index in [9.17, 15) is 4.39 Å². The highest BCUT2D eigenvalue weighted by atomic mass is 35.5. The minimum Gasteiger partial charge on any atom is -0.373 e. The number of nitrogens with zero attached hydrogens (tertiary/aromatic N) is 5. The third kappa shape index (κ3) is 4.95. The molecule has 1 aliphatic rings. The zero-order valence-electron chi connectivity index (χ0n) is 18.3. The SMILES string of the molecule is Cc1nc2ccnc(-c3ccc(Cl)cc3F)c2nc1C.Cn1cc(C2CCCCO2)cn1. The largest absolute Gasteiger partial charge is 0.373 e. The second-order valence-electron chi connectivity index (χ2n) is 7.85. The van der Waals surface area contributed by atoms with Crippen LogP contribution in [0.5, 0.6) is 0 Å². The third-order valence-corrected chi connectivity index (χ3v) is 5.69. The van der Waals surface area contributed by atoms with Gasteiger partial charge in [-0.25, -0.2) is 14.4 Å². The average molecular weight is 454 g/mol. The predicted octanol–water partition coefficient (Wildman–Crippen LogP) is 5.76. The van der Waals surface area contributed by atoms with Crippen molar-refractivity contribution in [3.05, 3.63) is 70.6 Å². The van der Waals surface area contributed by atoms with Gasteiger partial charge in [-0.3, -0.25) is 9.67 Å². The van der Waals surface area contributed by atoms with E-state index >= 15 is 0 Å². The third-order valence-electron chi connectivity index (χ3n) is 5.46. The molecular formula is C24H25ClFN5O. The lowest BCUT2D eigenvalue weighted by molar-refractivity contribution is 0.0149. The molecule has 0 spiro atoms. The first-order chi connectivity index (χ1) is 15.4. The maximum absolute atomic E-state index is 14.1. The summed E-state index contributed by atoms with van der Waals surface area (Å²) in [6.07, 6.45) is 9.47. The Morgan fingerprint density at radius 3 is 2.62 bits per heavy atom. The Kier molecular flexibility index (Phi) is 6.77. The van der Waals surface area contributed by atoms with Gasteiger partial charge in [0.2, 0.25) is 0 Å². The molecule has 0 aliphatic carbocycles. The molecule has 1 atom stereocenters. The first-order valence-electron chi connectivity index (χ1n) is 10.6. The summed E-state index contributed by atoms with van der Waals surface area (Å²) < 4.78 is 21.5. The van der Waals surface area contributed by atoms with Crippen LogP contribution in [-0.2, 0) is 11.8 Å². The van der Waals surface area contributed by atoms with Crippen molar-refractivity contribution in [2.45, 2.75) is 39.2 Å². The highest BCUT2D eigenvalue weighted by molar-refractivity contribution is 6.30. The summed E-state index contributed by atoms with van der Waals surface area (Å²) in [5.41, 5.74) is 5.03. The molecule has 1 aliphatic heterocycles. The molecule has 3 aromatic heterocycles. The molecular weight excluding hydrogens is 429 g/mol. The number of hydrogen-bond acceptors (Lipinski definition) is 5. The van der Waals surface area contributed by atoms with Gasteiger partial charge in [0.25, 0.3) is 0 Å². The monoisotopic (exact) mass is 453 g/mol. The summed E-state index contributed by atoms with van der Waals surface area (Å²) in [5.74, 6) is -0.419. The van der Waals surface area contributed by atoms with Gasteiger partial charge in [-0.1, -0.05) is 11.6 Å². The molecule has 0 amide bonds. The number of hydrogen-bond donors (Lipinski definition) is 0. The summed E-state index contributed by atoms with van der Waals surface area (Å²) in [5, 5.41) is 4.48. The number of fused-ring (bicyclic) bond motifs is 1. The molecule has 0 radical (unpaired) electrons. The Bertz CT molecular complexity index is 1240. The van der Waals surface area contributed by atoms with Crippen LogP contribution in [-0.4, -0.2) is 31.3 Å². The fraction of sp³-hybridized carbons (Fsp3) is 0.333. The fourth-order valence-electron chi connectivity index (χ4n) is 3.64. The molecule has 166 valence electrons. The molecule has 5 rings (SSSR count). The van der Waals surface area contributed by atoms with E-state index in [2.05, 4.69) is 20.1 Å².